The second-order valence-electron chi connectivity index (χ2n) is 10.7. The highest BCUT2D eigenvalue weighted by Crippen LogP contribution is 2.68. The molecule has 3 unspecified atom stereocenters. The third-order valence-electron chi connectivity index (χ3n) is 8.44. The second-order valence-corrected chi connectivity index (χ2v) is 12.2. The van der Waals surface area contributed by atoms with E-state index in [4.69, 9.17) is 0 Å². The Labute approximate surface area is 230 Å². The van der Waals surface area contributed by atoms with Gasteiger partial charge < -0.3 is 19.8 Å². The van der Waals surface area contributed by atoms with E-state index in [1.54, 1.807) is 33.7 Å². The first kappa shape index (κ1) is 28.4. The normalized spacial score (nSPS) is 29.3. The van der Waals surface area contributed by atoms with Crippen molar-refractivity contribution in [3.05, 3.63) is 55.6 Å². The molecule has 0 radical (unpaired) electrons. The first-order valence-electron chi connectivity index (χ1n) is 13.8. The SMILES string of the molecule is C=CCN(CCCCC)C(=O)C1N(CCO)C(=O)[C@@H]2[C@@H](C(=O)N(CC=C)c3ccccc3)[C@H]3CC(C)C12S3. The minimum absolute atomic E-state index is 0.0398. The van der Waals surface area contributed by atoms with E-state index in [0.29, 0.717) is 19.6 Å². The molecule has 1 aromatic carbocycles. The highest BCUT2D eigenvalue weighted by Gasteiger charge is 2.76. The monoisotopic (exact) mass is 539 g/mol. The number of nitrogens with zero attached hydrogens (tertiary/aromatic N) is 3. The van der Waals surface area contributed by atoms with Crippen molar-refractivity contribution in [1.82, 2.24) is 9.80 Å². The van der Waals surface area contributed by atoms with Crippen molar-refractivity contribution < 1.29 is 19.5 Å². The first-order valence-corrected chi connectivity index (χ1v) is 14.7. The summed E-state index contributed by atoms with van der Waals surface area (Å²) in [4.78, 5) is 47.7. The summed E-state index contributed by atoms with van der Waals surface area (Å²) in [6.07, 6.45) is 7.15. The highest BCUT2D eigenvalue weighted by atomic mass is 32.2. The Kier molecular flexibility index (Phi) is 9.04. The molecule has 0 aliphatic carbocycles. The quantitative estimate of drug-likeness (QED) is 0.305. The fourth-order valence-corrected chi connectivity index (χ4v) is 9.25. The molecule has 3 amide bonds. The number of anilines is 1. The van der Waals surface area contributed by atoms with E-state index in [2.05, 4.69) is 27.0 Å². The molecule has 2 bridgehead atoms. The van der Waals surface area contributed by atoms with Crippen LogP contribution < -0.4 is 4.90 Å². The van der Waals surface area contributed by atoms with Crippen LogP contribution in [0.2, 0.25) is 0 Å². The molecule has 1 spiro atoms. The average molecular weight is 540 g/mol. The number of aliphatic hydroxyl groups excluding tert-OH is 1. The first-order chi connectivity index (χ1) is 18.4. The van der Waals surface area contributed by atoms with Gasteiger partial charge in [-0.05, 0) is 30.9 Å². The number of unbranched alkanes of at least 4 members (excludes halogenated alkanes) is 2. The van der Waals surface area contributed by atoms with Crippen molar-refractivity contribution >= 4 is 35.2 Å². The van der Waals surface area contributed by atoms with Gasteiger partial charge in [0.25, 0.3) is 0 Å². The number of hydrogen-bond donors (Lipinski definition) is 1. The molecule has 206 valence electrons. The smallest absolute Gasteiger partial charge is 0.247 e. The molecule has 8 heteroatoms. The van der Waals surface area contributed by atoms with E-state index in [1.807, 2.05) is 35.2 Å². The summed E-state index contributed by atoms with van der Waals surface area (Å²) in [5.41, 5.74) is 0.769. The summed E-state index contributed by atoms with van der Waals surface area (Å²) < 4.78 is -0.699. The minimum atomic E-state index is -0.707. The van der Waals surface area contributed by atoms with Crippen molar-refractivity contribution in [3.8, 4) is 0 Å². The minimum Gasteiger partial charge on any atom is -0.395 e. The molecule has 6 atom stereocenters. The third kappa shape index (κ3) is 4.70. The van der Waals surface area contributed by atoms with Crippen LogP contribution in [-0.4, -0.2) is 81.5 Å². The summed E-state index contributed by atoms with van der Waals surface area (Å²) in [5.74, 6) is -1.43. The van der Waals surface area contributed by atoms with E-state index in [0.717, 1.165) is 31.4 Å². The maximum Gasteiger partial charge on any atom is 0.247 e. The summed E-state index contributed by atoms with van der Waals surface area (Å²) in [6.45, 7) is 13.2. The number of benzene rings is 1. The van der Waals surface area contributed by atoms with Crippen LogP contribution in [0.4, 0.5) is 5.69 Å². The van der Waals surface area contributed by atoms with E-state index in [1.165, 1.54) is 0 Å². The summed E-state index contributed by atoms with van der Waals surface area (Å²) in [7, 11) is 0. The molecule has 3 saturated heterocycles. The number of likely N-dealkylation sites (tertiary alicyclic amines) is 1. The fraction of sp³-hybridized carbons (Fsp3) is 0.567. The molecule has 1 N–H and O–H groups in total. The van der Waals surface area contributed by atoms with Crippen molar-refractivity contribution in [1.29, 1.82) is 0 Å². The number of fused-ring (bicyclic) bond motifs is 1. The van der Waals surface area contributed by atoms with Crippen LogP contribution in [0.1, 0.15) is 39.5 Å². The second kappa shape index (κ2) is 12.1. The van der Waals surface area contributed by atoms with Crippen LogP contribution >= 0.6 is 11.8 Å². The molecule has 7 nitrogen and oxygen atoms in total. The fourth-order valence-electron chi connectivity index (χ4n) is 6.84. The lowest BCUT2D eigenvalue weighted by atomic mass is 9.65. The molecule has 4 rings (SSSR count). The number of para-hydroxylation sites is 1. The number of aliphatic hydroxyl groups is 1. The highest BCUT2D eigenvalue weighted by molar-refractivity contribution is 8.02. The van der Waals surface area contributed by atoms with E-state index in [9.17, 15) is 19.5 Å². The maximum atomic E-state index is 14.2. The van der Waals surface area contributed by atoms with Crippen LogP contribution in [-0.2, 0) is 14.4 Å². The van der Waals surface area contributed by atoms with Gasteiger partial charge in [0, 0.05) is 37.1 Å². The average Bonchev–Trinajstić information content (AvgIpc) is 3.51. The van der Waals surface area contributed by atoms with Crippen molar-refractivity contribution in [3.63, 3.8) is 0 Å². The molecule has 3 fully saturated rings. The lowest BCUT2D eigenvalue weighted by Crippen LogP contribution is -2.57. The van der Waals surface area contributed by atoms with Crippen LogP contribution in [0.5, 0.6) is 0 Å². The van der Waals surface area contributed by atoms with Crippen LogP contribution in [0.3, 0.4) is 0 Å². The standard InChI is InChI=1S/C30H41N3O4S/c1-5-8-12-17-31(15-6-2)29(37)26-30-21(4)20-23(38-30)24(25(30)28(36)33(26)18-19-34)27(35)32(16-7-3)22-13-10-9-11-14-22/h6-7,9-11,13-14,21,23-26,34H,2-3,5,8,12,15-20H2,1,4H3/t21?,23-,24+,25+,26?,30?/m1/s1. The molecule has 3 heterocycles. The van der Waals surface area contributed by atoms with Gasteiger partial charge in [0.2, 0.25) is 17.7 Å². The van der Waals surface area contributed by atoms with Gasteiger partial charge in [-0.3, -0.25) is 14.4 Å². The van der Waals surface area contributed by atoms with Crippen molar-refractivity contribution in [2.45, 2.75) is 55.6 Å². The molecule has 3 aliphatic rings. The number of hydrogen-bond acceptors (Lipinski definition) is 5. The van der Waals surface area contributed by atoms with Crippen LogP contribution in [0, 0.1) is 17.8 Å². The Bertz CT molecular complexity index is 1050. The van der Waals surface area contributed by atoms with Crippen molar-refractivity contribution in [2.75, 3.05) is 37.7 Å². The number of rotatable bonds is 13. The zero-order chi connectivity index (χ0) is 27.4. The lowest BCUT2D eigenvalue weighted by molar-refractivity contribution is -0.143. The Morgan fingerprint density at radius 2 is 1.87 bits per heavy atom. The third-order valence-corrected chi connectivity index (χ3v) is 10.5. The summed E-state index contributed by atoms with van der Waals surface area (Å²) >= 11 is 1.67. The lowest BCUT2D eigenvalue weighted by Gasteiger charge is -2.41. The van der Waals surface area contributed by atoms with Gasteiger partial charge in [-0.25, -0.2) is 0 Å². The summed E-state index contributed by atoms with van der Waals surface area (Å²) in [6, 6.07) is 8.77. The van der Waals surface area contributed by atoms with Crippen LogP contribution in [0.25, 0.3) is 0 Å². The molecular weight excluding hydrogens is 498 g/mol. The van der Waals surface area contributed by atoms with Crippen LogP contribution in [0.15, 0.2) is 55.6 Å². The maximum absolute atomic E-state index is 14.2. The zero-order valence-electron chi connectivity index (χ0n) is 22.6. The number of carbonyl (C=O) groups excluding carboxylic acids is 3. The number of carbonyl (C=O) groups is 3. The molecular formula is C30H41N3O4S. The largest absolute Gasteiger partial charge is 0.395 e. The predicted octanol–water partition coefficient (Wildman–Crippen LogP) is 3.74. The number of amides is 3. The number of β-amino-alcohol motifs (C(OH)–C–C–N with tert-alkyl or cyclic N) is 1. The predicted molar refractivity (Wildman–Crippen MR) is 153 cm³/mol. The Morgan fingerprint density at radius 1 is 1.16 bits per heavy atom. The Hall–Kier alpha value is -2.58. The van der Waals surface area contributed by atoms with Gasteiger partial charge >= 0.3 is 0 Å². The van der Waals surface area contributed by atoms with E-state index >= 15 is 0 Å². The van der Waals surface area contributed by atoms with E-state index in [-0.39, 0.29) is 42.0 Å². The zero-order valence-corrected chi connectivity index (χ0v) is 23.4. The Morgan fingerprint density at radius 3 is 2.50 bits per heavy atom. The Balaban J connectivity index is 1.73. The molecule has 0 aromatic heterocycles. The van der Waals surface area contributed by atoms with Gasteiger partial charge in [-0.2, -0.15) is 0 Å². The van der Waals surface area contributed by atoms with Gasteiger partial charge in [0.15, 0.2) is 0 Å². The van der Waals surface area contributed by atoms with Gasteiger partial charge in [0.1, 0.15) is 6.04 Å². The molecule has 1 aromatic rings. The van der Waals surface area contributed by atoms with Gasteiger partial charge in [-0.1, -0.05) is 57.0 Å². The van der Waals surface area contributed by atoms with Crippen molar-refractivity contribution in [2.24, 2.45) is 17.8 Å². The van der Waals surface area contributed by atoms with Gasteiger partial charge in [0.05, 0.1) is 23.2 Å². The topological polar surface area (TPSA) is 81.2 Å². The molecule has 0 saturated carbocycles. The van der Waals surface area contributed by atoms with Gasteiger partial charge in [-0.15, -0.1) is 24.9 Å². The van der Waals surface area contributed by atoms with E-state index < -0.39 is 22.6 Å². The molecule has 3 aliphatic heterocycles. The summed E-state index contributed by atoms with van der Waals surface area (Å²) in [5, 5.41) is 9.87. The number of thioether (sulfide) groups is 1. The molecule has 38 heavy (non-hydrogen) atoms.